The number of hydrogen-bond donors (Lipinski definition) is 2. The first-order chi connectivity index (χ1) is 14.7. The van der Waals surface area contributed by atoms with Crippen LogP contribution in [0.25, 0.3) is 21.8 Å². The Kier molecular flexibility index (Phi) is 8.55. The second kappa shape index (κ2) is 11.3. The minimum Gasteiger partial charge on any atom is -0.492 e. The van der Waals surface area contributed by atoms with Gasteiger partial charge in [-0.25, -0.2) is 0 Å². The number of ether oxygens (including phenoxy) is 1. The summed E-state index contributed by atoms with van der Waals surface area (Å²) in [5, 5.41) is 8.78. The van der Waals surface area contributed by atoms with E-state index < -0.39 is 0 Å². The number of nitrogens with zero attached hydrogens (tertiary/aromatic N) is 1. The number of unbranched alkanes of at least 4 members (excludes halogenated alkanes) is 2. The minimum absolute atomic E-state index is 0.0282. The van der Waals surface area contributed by atoms with Crippen molar-refractivity contribution in [1.29, 1.82) is 0 Å². The summed E-state index contributed by atoms with van der Waals surface area (Å²) in [5.74, 6) is 0.774. The van der Waals surface area contributed by atoms with Crippen molar-refractivity contribution in [1.82, 2.24) is 15.2 Å². The SMILES string of the molecule is CCCCCNCCOc1ccc2c(=O)c3ccc(Cl)cc3n(CCNCC)c2c1. The van der Waals surface area contributed by atoms with Crippen LogP contribution in [0.1, 0.15) is 33.1 Å². The predicted molar refractivity (Wildman–Crippen MR) is 127 cm³/mol. The molecule has 0 saturated carbocycles. The molecule has 0 spiro atoms. The summed E-state index contributed by atoms with van der Waals surface area (Å²) in [4.78, 5) is 13.1. The molecular formula is C24H32ClN3O2. The molecule has 0 atom stereocenters. The van der Waals surface area contributed by atoms with Crippen LogP contribution in [0.3, 0.4) is 0 Å². The van der Waals surface area contributed by atoms with Gasteiger partial charge in [-0.1, -0.05) is 38.3 Å². The van der Waals surface area contributed by atoms with Crippen molar-refractivity contribution in [2.75, 3.05) is 32.8 Å². The highest BCUT2D eigenvalue weighted by atomic mass is 35.5. The first-order valence-corrected chi connectivity index (χ1v) is 11.3. The third kappa shape index (κ3) is 5.54. The van der Waals surface area contributed by atoms with E-state index >= 15 is 0 Å². The van der Waals surface area contributed by atoms with Gasteiger partial charge < -0.3 is 19.9 Å². The number of rotatable bonds is 12. The smallest absolute Gasteiger partial charge is 0.197 e. The van der Waals surface area contributed by atoms with E-state index in [0.717, 1.165) is 49.5 Å². The molecule has 6 heteroatoms. The zero-order chi connectivity index (χ0) is 21.3. The maximum absolute atomic E-state index is 13.1. The Bertz CT molecular complexity index is 1030. The second-order valence-electron chi connectivity index (χ2n) is 7.48. The molecule has 2 N–H and O–H groups in total. The van der Waals surface area contributed by atoms with E-state index in [4.69, 9.17) is 16.3 Å². The number of halogens is 1. The predicted octanol–water partition coefficient (Wildman–Crippen LogP) is 4.58. The number of aromatic nitrogens is 1. The van der Waals surface area contributed by atoms with Gasteiger partial charge in [-0.15, -0.1) is 0 Å². The molecule has 0 saturated heterocycles. The molecule has 30 heavy (non-hydrogen) atoms. The lowest BCUT2D eigenvalue weighted by molar-refractivity contribution is 0.314. The van der Waals surface area contributed by atoms with Gasteiger partial charge in [0.15, 0.2) is 5.43 Å². The van der Waals surface area contributed by atoms with E-state index in [-0.39, 0.29) is 5.43 Å². The average Bonchev–Trinajstić information content (AvgIpc) is 2.75. The van der Waals surface area contributed by atoms with Crippen LogP contribution in [0.15, 0.2) is 41.2 Å². The molecule has 2 aromatic carbocycles. The van der Waals surface area contributed by atoms with Gasteiger partial charge in [-0.2, -0.15) is 0 Å². The molecule has 1 heterocycles. The maximum atomic E-state index is 13.1. The molecule has 3 aromatic rings. The van der Waals surface area contributed by atoms with Gasteiger partial charge in [0.2, 0.25) is 0 Å². The molecule has 0 fully saturated rings. The van der Waals surface area contributed by atoms with Gasteiger partial charge in [-0.05, 0) is 49.8 Å². The van der Waals surface area contributed by atoms with Gasteiger partial charge in [0.25, 0.3) is 0 Å². The number of benzene rings is 2. The van der Waals surface area contributed by atoms with Gasteiger partial charge >= 0.3 is 0 Å². The Balaban J connectivity index is 1.87. The molecule has 0 bridgehead atoms. The van der Waals surface area contributed by atoms with Crippen molar-refractivity contribution in [3.63, 3.8) is 0 Å². The zero-order valence-corrected chi connectivity index (χ0v) is 18.7. The first-order valence-electron chi connectivity index (χ1n) is 11.0. The lowest BCUT2D eigenvalue weighted by atomic mass is 10.1. The van der Waals surface area contributed by atoms with Crippen molar-refractivity contribution >= 4 is 33.4 Å². The largest absolute Gasteiger partial charge is 0.492 e. The zero-order valence-electron chi connectivity index (χ0n) is 18.0. The Labute approximate surface area is 183 Å². The fourth-order valence-corrected chi connectivity index (χ4v) is 3.85. The Morgan fingerprint density at radius 1 is 0.933 bits per heavy atom. The Morgan fingerprint density at radius 2 is 1.70 bits per heavy atom. The molecule has 3 rings (SSSR count). The highest BCUT2D eigenvalue weighted by molar-refractivity contribution is 6.31. The molecule has 0 aliphatic heterocycles. The molecule has 0 radical (unpaired) electrons. The van der Waals surface area contributed by atoms with E-state index in [9.17, 15) is 4.79 Å². The number of likely N-dealkylation sites (N-methyl/N-ethyl adjacent to an activating group) is 1. The van der Waals surface area contributed by atoms with Crippen molar-refractivity contribution in [3.05, 3.63) is 51.6 Å². The monoisotopic (exact) mass is 429 g/mol. The molecule has 0 amide bonds. The molecule has 1 aromatic heterocycles. The van der Waals surface area contributed by atoms with Crippen molar-refractivity contribution in [2.45, 2.75) is 39.7 Å². The quantitative estimate of drug-likeness (QED) is 0.327. The molecule has 0 aliphatic rings. The van der Waals surface area contributed by atoms with Crippen LogP contribution in [0.5, 0.6) is 5.75 Å². The van der Waals surface area contributed by atoms with E-state index in [1.165, 1.54) is 19.3 Å². The molecule has 5 nitrogen and oxygen atoms in total. The summed E-state index contributed by atoms with van der Waals surface area (Å²) in [5.41, 5.74) is 1.76. The van der Waals surface area contributed by atoms with Gasteiger partial charge in [0.05, 0.1) is 11.0 Å². The Hall–Kier alpha value is -2.08. The topological polar surface area (TPSA) is 55.3 Å². The van der Waals surface area contributed by atoms with Crippen LogP contribution in [0.4, 0.5) is 0 Å². The highest BCUT2D eigenvalue weighted by Crippen LogP contribution is 2.25. The average molecular weight is 430 g/mol. The van der Waals surface area contributed by atoms with Crippen molar-refractivity contribution in [3.8, 4) is 5.75 Å². The normalized spacial score (nSPS) is 11.4. The van der Waals surface area contributed by atoms with Gasteiger partial charge in [-0.3, -0.25) is 4.79 Å². The standard InChI is InChI=1S/C24H32ClN3O2/c1-3-5-6-11-27-13-15-30-19-8-10-21-23(17-19)28(14-12-26-4-2)22-16-18(25)7-9-20(22)24(21)29/h7-10,16-17,26-27H,3-6,11-15H2,1-2H3. The van der Waals surface area contributed by atoms with Crippen LogP contribution in [0.2, 0.25) is 5.02 Å². The van der Waals surface area contributed by atoms with E-state index in [1.54, 1.807) is 6.07 Å². The third-order valence-corrected chi connectivity index (χ3v) is 5.50. The molecule has 0 unspecified atom stereocenters. The van der Waals surface area contributed by atoms with Gasteiger partial charge in [0.1, 0.15) is 12.4 Å². The fraction of sp³-hybridized carbons (Fsp3) is 0.458. The number of nitrogens with one attached hydrogen (secondary N) is 2. The second-order valence-corrected chi connectivity index (χ2v) is 7.92. The lowest BCUT2D eigenvalue weighted by Gasteiger charge is -2.17. The minimum atomic E-state index is 0.0282. The summed E-state index contributed by atoms with van der Waals surface area (Å²) in [6.07, 6.45) is 3.67. The molecule has 162 valence electrons. The van der Waals surface area contributed by atoms with Crippen LogP contribution >= 0.6 is 11.6 Å². The maximum Gasteiger partial charge on any atom is 0.197 e. The number of pyridine rings is 1. The fourth-order valence-electron chi connectivity index (χ4n) is 3.69. The lowest BCUT2D eigenvalue weighted by Crippen LogP contribution is -2.22. The van der Waals surface area contributed by atoms with Crippen LogP contribution in [-0.2, 0) is 6.54 Å². The van der Waals surface area contributed by atoms with Crippen LogP contribution in [-0.4, -0.2) is 37.4 Å². The third-order valence-electron chi connectivity index (χ3n) is 5.27. The summed E-state index contributed by atoms with van der Waals surface area (Å²) in [7, 11) is 0. The summed E-state index contributed by atoms with van der Waals surface area (Å²) >= 11 is 6.25. The van der Waals surface area contributed by atoms with E-state index in [1.807, 2.05) is 30.3 Å². The number of fused-ring (bicyclic) bond motifs is 2. The van der Waals surface area contributed by atoms with Crippen molar-refractivity contribution in [2.24, 2.45) is 0 Å². The van der Waals surface area contributed by atoms with Gasteiger partial charge in [0, 0.05) is 41.5 Å². The molecule has 0 aliphatic carbocycles. The summed E-state index contributed by atoms with van der Waals surface area (Å²) in [6.45, 7) is 9.16. The van der Waals surface area contributed by atoms with Crippen molar-refractivity contribution < 1.29 is 4.74 Å². The van der Waals surface area contributed by atoms with Crippen LogP contribution < -0.4 is 20.8 Å². The summed E-state index contributed by atoms with van der Waals surface area (Å²) < 4.78 is 8.12. The summed E-state index contributed by atoms with van der Waals surface area (Å²) in [6, 6.07) is 11.2. The first kappa shape index (κ1) is 22.6. The van der Waals surface area contributed by atoms with E-state index in [0.29, 0.717) is 22.4 Å². The Morgan fingerprint density at radius 3 is 2.47 bits per heavy atom. The molecular weight excluding hydrogens is 398 g/mol. The highest BCUT2D eigenvalue weighted by Gasteiger charge is 2.12. The van der Waals surface area contributed by atoms with Crippen LogP contribution in [0, 0.1) is 0 Å². The number of hydrogen-bond acceptors (Lipinski definition) is 4. The van der Waals surface area contributed by atoms with E-state index in [2.05, 4.69) is 29.0 Å².